The van der Waals surface area contributed by atoms with Crippen LogP contribution in [0.25, 0.3) is 0 Å². The minimum atomic E-state index is -1.73. The summed E-state index contributed by atoms with van der Waals surface area (Å²) in [6, 6.07) is 0. The van der Waals surface area contributed by atoms with Gasteiger partial charge >= 0.3 is 5.97 Å². The number of rotatable bonds is 4. The molecule has 5 unspecified atom stereocenters. The largest absolute Gasteiger partial charge is 0.432 e. The standard InChI is InChI=1S/C26H38O9/c1-5-25(4)10-7-14-13(11-25)16(28)19(31)21-24(2,3)8-6-9-26(14,21)23(33)35-22-20(32)18(30)17(29)15(12-27)34-22/h5,11,14-15,17-22,27,29-32H,1,6-10,12H2,2-4H3/t14?,15-,17-,18+,19?,20-,21?,22+,25?,26?/m1/s1. The Bertz CT molecular complexity index is 910. The van der Waals surface area contributed by atoms with Crippen LogP contribution in [0, 0.1) is 28.1 Å². The van der Waals surface area contributed by atoms with Crippen molar-refractivity contribution in [3.8, 4) is 0 Å². The Morgan fingerprint density at radius 2 is 1.83 bits per heavy atom. The van der Waals surface area contributed by atoms with Gasteiger partial charge in [0.1, 0.15) is 30.5 Å². The van der Waals surface area contributed by atoms with E-state index >= 15 is 0 Å². The summed E-state index contributed by atoms with van der Waals surface area (Å²) >= 11 is 0. The van der Waals surface area contributed by atoms with Crippen LogP contribution in [0.2, 0.25) is 0 Å². The summed E-state index contributed by atoms with van der Waals surface area (Å²) in [6.07, 6.45) is -2.70. The van der Waals surface area contributed by atoms with Crippen molar-refractivity contribution in [1.29, 1.82) is 0 Å². The van der Waals surface area contributed by atoms with Gasteiger partial charge in [0.15, 0.2) is 5.78 Å². The molecule has 0 aromatic heterocycles. The third-order valence-electron chi connectivity index (χ3n) is 9.05. The van der Waals surface area contributed by atoms with E-state index in [2.05, 4.69) is 6.58 Å². The third-order valence-corrected chi connectivity index (χ3v) is 9.05. The molecular formula is C26H38O9. The molecule has 9 heteroatoms. The molecule has 4 aliphatic rings. The second-order valence-corrected chi connectivity index (χ2v) is 11.7. The molecule has 35 heavy (non-hydrogen) atoms. The van der Waals surface area contributed by atoms with Gasteiger partial charge in [-0.3, -0.25) is 9.59 Å². The van der Waals surface area contributed by atoms with E-state index in [9.17, 15) is 35.1 Å². The number of ether oxygens (including phenoxy) is 2. The predicted octanol–water partition coefficient (Wildman–Crippen LogP) is 0.614. The Balaban J connectivity index is 1.77. The van der Waals surface area contributed by atoms with E-state index in [1.807, 2.05) is 26.8 Å². The van der Waals surface area contributed by atoms with Gasteiger partial charge in [0.25, 0.3) is 0 Å². The van der Waals surface area contributed by atoms with Crippen LogP contribution in [0.3, 0.4) is 0 Å². The Labute approximate surface area is 205 Å². The lowest BCUT2D eigenvalue weighted by Crippen LogP contribution is -2.66. The molecule has 0 bridgehead atoms. The average molecular weight is 495 g/mol. The molecule has 1 heterocycles. The van der Waals surface area contributed by atoms with Crippen molar-refractivity contribution in [2.24, 2.45) is 28.1 Å². The molecule has 0 radical (unpaired) electrons. The summed E-state index contributed by atoms with van der Waals surface area (Å²) in [6.45, 7) is 9.08. The highest BCUT2D eigenvalue weighted by Gasteiger charge is 2.67. The molecule has 0 aromatic carbocycles. The van der Waals surface area contributed by atoms with Gasteiger partial charge < -0.3 is 35.0 Å². The van der Waals surface area contributed by atoms with Gasteiger partial charge in [-0.25, -0.2) is 0 Å². The fourth-order valence-corrected chi connectivity index (χ4v) is 7.10. The number of carbonyl (C=O) groups excluding carboxylic acids is 2. The monoisotopic (exact) mass is 494 g/mol. The lowest BCUT2D eigenvalue weighted by molar-refractivity contribution is -0.299. The van der Waals surface area contributed by atoms with Gasteiger partial charge in [-0.2, -0.15) is 0 Å². The summed E-state index contributed by atoms with van der Waals surface area (Å²) in [5.41, 5.74) is -1.83. The summed E-state index contributed by atoms with van der Waals surface area (Å²) in [7, 11) is 0. The van der Waals surface area contributed by atoms with E-state index in [0.29, 0.717) is 37.7 Å². The maximum absolute atomic E-state index is 14.1. The number of Topliss-reactive ketones (excluding diaryl/α,β-unsaturated/α-hetero) is 1. The van der Waals surface area contributed by atoms with E-state index in [1.54, 1.807) is 6.08 Å². The quantitative estimate of drug-likeness (QED) is 0.279. The zero-order valence-electron chi connectivity index (χ0n) is 20.6. The normalized spacial score (nSPS) is 47.2. The van der Waals surface area contributed by atoms with Crippen LogP contribution in [0.4, 0.5) is 0 Å². The molecule has 1 saturated heterocycles. The molecule has 3 fully saturated rings. The minimum Gasteiger partial charge on any atom is -0.432 e. The lowest BCUT2D eigenvalue weighted by atomic mass is 9.43. The maximum Gasteiger partial charge on any atom is 0.315 e. The highest BCUT2D eigenvalue weighted by Crippen LogP contribution is 2.64. The predicted molar refractivity (Wildman–Crippen MR) is 124 cm³/mol. The summed E-state index contributed by atoms with van der Waals surface area (Å²) in [5, 5.41) is 51.5. The Morgan fingerprint density at radius 1 is 1.14 bits per heavy atom. The fourth-order valence-electron chi connectivity index (χ4n) is 7.10. The van der Waals surface area contributed by atoms with Crippen molar-refractivity contribution < 1.29 is 44.6 Å². The van der Waals surface area contributed by atoms with Crippen LogP contribution in [-0.4, -0.2) is 80.7 Å². The van der Waals surface area contributed by atoms with E-state index in [0.717, 1.165) is 0 Å². The van der Waals surface area contributed by atoms with Crippen molar-refractivity contribution in [3.05, 3.63) is 24.3 Å². The zero-order valence-corrected chi connectivity index (χ0v) is 20.6. The number of allylic oxidation sites excluding steroid dienone is 2. The molecule has 4 rings (SSSR count). The minimum absolute atomic E-state index is 0.376. The number of hydrogen-bond donors (Lipinski definition) is 5. The van der Waals surface area contributed by atoms with E-state index in [1.165, 1.54) is 0 Å². The summed E-state index contributed by atoms with van der Waals surface area (Å²) < 4.78 is 11.1. The lowest BCUT2D eigenvalue weighted by Gasteiger charge is -2.59. The average Bonchev–Trinajstić information content (AvgIpc) is 2.82. The number of hydrogen-bond acceptors (Lipinski definition) is 9. The molecule has 0 amide bonds. The number of aliphatic hydroxyl groups excluding tert-OH is 5. The second kappa shape index (κ2) is 9.04. The molecule has 3 aliphatic carbocycles. The molecular weight excluding hydrogens is 456 g/mol. The molecule has 1 aliphatic heterocycles. The van der Waals surface area contributed by atoms with Crippen LogP contribution >= 0.6 is 0 Å². The highest BCUT2D eigenvalue weighted by atomic mass is 16.7. The van der Waals surface area contributed by atoms with Crippen LogP contribution in [0.5, 0.6) is 0 Å². The van der Waals surface area contributed by atoms with Gasteiger partial charge in [0, 0.05) is 17.3 Å². The number of fused-ring (bicyclic) bond motifs is 3. The topological polar surface area (TPSA) is 154 Å². The van der Waals surface area contributed by atoms with Crippen LogP contribution < -0.4 is 0 Å². The van der Waals surface area contributed by atoms with Gasteiger partial charge in [0.2, 0.25) is 6.29 Å². The molecule has 0 spiro atoms. The molecule has 0 aromatic rings. The summed E-state index contributed by atoms with van der Waals surface area (Å²) in [5.74, 6) is -2.31. The first-order valence-corrected chi connectivity index (χ1v) is 12.4. The second-order valence-electron chi connectivity index (χ2n) is 11.7. The maximum atomic E-state index is 14.1. The van der Waals surface area contributed by atoms with Crippen LogP contribution in [0.1, 0.15) is 52.9 Å². The number of aliphatic hydroxyl groups is 5. The Kier molecular flexibility index (Phi) is 6.83. The first kappa shape index (κ1) is 26.4. The fraction of sp³-hybridized carbons (Fsp3) is 0.769. The van der Waals surface area contributed by atoms with E-state index in [4.69, 9.17) is 9.47 Å². The number of ketones is 1. The molecule has 196 valence electrons. The van der Waals surface area contributed by atoms with E-state index < -0.39 is 77.5 Å². The van der Waals surface area contributed by atoms with Crippen molar-refractivity contribution in [2.45, 2.75) is 89.7 Å². The molecule has 2 saturated carbocycles. The van der Waals surface area contributed by atoms with E-state index in [-0.39, 0.29) is 5.78 Å². The van der Waals surface area contributed by atoms with Crippen molar-refractivity contribution in [3.63, 3.8) is 0 Å². The molecule has 10 atom stereocenters. The van der Waals surface area contributed by atoms with Crippen molar-refractivity contribution in [1.82, 2.24) is 0 Å². The first-order chi connectivity index (χ1) is 16.3. The SMILES string of the molecule is C=CC1(C)C=C2C(=O)C(O)C3C(C)(C)CCCC3(C(=O)O[C@@H]3O[C@H](CO)[C@@H](O)[C@H](O)[C@H]3O)C2CC1. The number of esters is 1. The van der Waals surface area contributed by atoms with Crippen molar-refractivity contribution in [2.75, 3.05) is 6.61 Å². The van der Waals surface area contributed by atoms with Gasteiger partial charge in [-0.1, -0.05) is 39.3 Å². The van der Waals surface area contributed by atoms with Crippen LogP contribution in [0.15, 0.2) is 24.3 Å². The highest BCUT2D eigenvalue weighted by molar-refractivity contribution is 6.03. The molecule has 5 N–H and O–H groups in total. The summed E-state index contributed by atoms with van der Waals surface area (Å²) in [4.78, 5) is 27.5. The van der Waals surface area contributed by atoms with Crippen molar-refractivity contribution >= 4 is 11.8 Å². The first-order valence-electron chi connectivity index (χ1n) is 12.4. The van der Waals surface area contributed by atoms with Gasteiger partial charge in [-0.15, -0.1) is 6.58 Å². The van der Waals surface area contributed by atoms with Crippen LogP contribution in [-0.2, 0) is 19.1 Å². The smallest absolute Gasteiger partial charge is 0.315 e. The number of carbonyl (C=O) groups is 2. The van der Waals surface area contributed by atoms with Gasteiger partial charge in [0.05, 0.1) is 12.0 Å². The Hall–Kier alpha value is -1.62. The van der Waals surface area contributed by atoms with Gasteiger partial charge in [-0.05, 0) is 36.7 Å². The Morgan fingerprint density at radius 3 is 2.46 bits per heavy atom. The molecule has 9 nitrogen and oxygen atoms in total. The zero-order chi connectivity index (χ0) is 25.9. The third kappa shape index (κ3) is 4.01.